The SMILES string of the molecule is CCn1nnc([C@H]2O[C@@H](n3cnc4c(N)nc(Nc5ccc(F)cc5)nc43)[C@H](O)[C@@H]2O)n1. The van der Waals surface area contributed by atoms with Crippen molar-refractivity contribution in [2.75, 3.05) is 11.1 Å². The topological polar surface area (TPSA) is 175 Å². The molecule has 5 rings (SSSR count). The molecule has 0 amide bonds. The van der Waals surface area contributed by atoms with Crippen molar-refractivity contribution in [3.63, 3.8) is 0 Å². The maximum Gasteiger partial charge on any atom is 0.231 e. The number of anilines is 3. The van der Waals surface area contributed by atoms with E-state index in [0.29, 0.717) is 17.7 Å². The zero-order chi connectivity index (χ0) is 22.4. The molecule has 13 nitrogen and oxygen atoms in total. The highest BCUT2D eigenvalue weighted by molar-refractivity contribution is 5.83. The van der Waals surface area contributed by atoms with E-state index in [1.807, 2.05) is 6.92 Å². The number of hydrogen-bond acceptors (Lipinski definition) is 11. The van der Waals surface area contributed by atoms with Crippen LogP contribution in [-0.4, -0.2) is 62.1 Å². The van der Waals surface area contributed by atoms with Crippen molar-refractivity contribution in [2.45, 2.75) is 38.0 Å². The van der Waals surface area contributed by atoms with Gasteiger partial charge in [-0.15, -0.1) is 10.2 Å². The number of nitrogen functional groups attached to an aromatic ring is 1. The number of aromatic nitrogens is 8. The van der Waals surface area contributed by atoms with Crippen molar-refractivity contribution >= 4 is 28.6 Å². The number of halogens is 1. The molecule has 5 N–H and O–H groups in total. The minimum atomic E-state index is -1.32. The summed E-state index contributed by atoms with van der Waals surface area (Å²) in [5, 5.41) is 36.0. The van der Waals surface area contributed by atoms with Crippen molar-refractivity contribution in [3.8, 4) is 0 Å². The first kappa shape index (κ1) is 20.2. The van der Waals surface area contributed by atoms with Gasteiger partial charge in [0.1, 0.15) is 23.5 Å². The van der Waals surface area contributed by atoms with Gasteiger partial charge in [-0.1, -0.05) is 0 Å². The third kappa shape index (κ3) is 3.39. The van der Waals surface area contributed by atoms with Crippen molar-refractivity contribution < 1.29 is 19.3 Å². The van der Waals surface area contributed by atoms with Crippen LogP contribution < -0.4 is 11.1 Å². The highest BCUT2D eigenvalue weighted by Crippen LogP contribution is 2.38. The van der Waals surface area contributed by atoms with Gasteiger partial charge < -0.3 is 26.0 Å². The fourth-order valence-corrected chi connectivity index (χ4v) is 3.45. The predicted octanol–water partition coefficient (Wildman–Crippen LogP) is 0.289. The number of fused-ring (bicyclic) bond motifs is 1. The molecule has 4 heterocycles. The molecule has 1 aliphatic rings. The number of ether oxygens (including phenoxy) is 1. The lowest BCUT2D eigenvalue weighted by Crippen LogP contribution is -2.29. The van der Waals surface area contributed by atoms with Gasteiger partial charge in [-0.25, -0.2) is 9.37 Å². The summed E-state index contributed by atoms with van der Waals surface area (Å²) in [5.74, 6) is 0.00702. The van der Waals surface area contributed by atoms with Crippen LogP contribution in [0.15, 0.2) is 30.6 Å². The summed E-state index contributed by atoms with van der Waals surface area (Å²) in [6.45, 7) is 2.34. The Hall–Kier alpha value is -3.75. The van der Waals surface area contributed by atoms with E-state index in [1.54, 1.807) is 0 Å². The van der Waals surface area contributed by atoms with Crippen molar-refractivity contribution in [2.24, 2.45) is 0 Å². The Kier molecular flexibility index (Phi) is 4.88. The van der Waals surface area contributed by atoms with E-state index in [0.717, 1.165) is 0 Å². The molecule has 0 saturated carbocycles. The van der Waals surface area contributed by atoms with Crippen LogP contribution in [0, 0.1) is 5.82 Å². The Labute approximate surface area is 179 Å². The van der Waals surface area contributed by atoms with E-state index >= 15 is 0 Å². The molecule has 32 heavy (non-hydrogen) atoms. The van der Waals surface area contributed by atoms with Crippen LogP contribution >= 0.6 is 0 Å². The largest absolute Gasteiger partial charge is 0.387 e. The van der Waals surface area contributed by atoms with Gasteiger partial charge in [0.2, 0.25) is 11.8 Å². The van der Waals surface area contributed by atoms with E-state index < -0.39 is 24.5 Å². The monoisotopic (exact) mass is 442 g/mol. The quantitative estimate of drug-likeness (QED) is 0.334. The molecule has 14 heteroatoms. The smallest absolute Gasteiger partial charge is 0.231 e. The average molecular weight is 442 g/mol. The van der Waals surface area contributed by atoms with Gasteiger partial charge in [-0.3, -0.25) is 4.57 Å². The number of nitrogens with one attached hydrogen (secondary N) is 1. The van der Waals surface area contributed by atoms with Gasteiger partial charge in [0.15, 0.2) is 23.8 Å². The number of aliphatic hydroxyl groups is 2. The first-order valence-corrected chi connectivity index (χ1v) is 9.76. The number of rotatable bonds is 5. The van der Waals surface area contributed by atoms with Gasteiger partial charge >= 0.3 is 0 Å². The van der Waals surface area contributed by atoms with Crippen LogP contribution in [0.2, 0.25) is 0 Å². The van der Waals surface area contributed by atoms with Crippen molar-refractivity contribution in [1.82, 2.24) is 39.7 Å². The van der Waals surface area contributed by atoms with E-state index in [9.17, 15) is 14.6 Å². The summed E-state index contributed by atoms with van der Waals surface area (Å²) >= 11 is 0. The van der Waals surface area contributed by atoms with Crippen LogP contribution in [0.1, 0.15) is 25.1 Å². The average Bonchev–Trinajstić information content (AvgIpc) is 3.49. The molecule has 3 aromatic heterocycles. The summed E-state index contributed by atoms with van der Waals surface area (Å²) in [5.41, 5.74) is 7.14. The van der Waals surface area contributed by atoms with Gasteiger partial charge in [-0.2, -0.15) is 14.8 Å². The van der Waals surface area contributed by atoms with Gasteiger partial charge in [0.05, 0.1) is 12.9 Å². The van der Waals surface area contributed by atoms with E-state index in [-0.39, 0.29) is 29.1 Å². The Bertz CT molecular complexity index is 1260. The number of nitrogens with two attached hydrogens (primary N) is 1. The highest BCUT2D eigenvalue weighted by Gasteiger charge is 2.47. The first-order chi connectivity index (χ1) is 15.4. The third-order valence-electron chi connectivity index (χ3n) is 5.07. The minimum Gasteiger partial charge on any atom is -0.387 e. The second-order valence-corrected chi connectivity index (χ2v) is 7.15. The van der Waals surface area contributed by atoms with Crippen LogP contribution in [0.5, 0.6) is 0 Å². The molecule has 1 saturated heterocycles. The molecule has 0 aliphatic carbocycles. The van der Waals surface area contributed by atoms with Gasteiger partial charge in [0, 0.05) is 5.69 Å². The van der Waals surface area contributed by atoms with Crippen LogP contribution in [0.3, 0.4) is 0 Å². The van der Waals surface area contributed by atoms with Crippen LogP contribution in [0.25, 0.3) is 11.2 Å². The molecule has 4 atom stereocenters. The summed E-state index contributed by atoms with van der Waals surface area (Å²) in [7, 11) is 0. The number of tetrazole rings is 1. The lowest BCUT2D eigenvalue weighted by molar-refractivity contribution is -0.0384. The zero-order valence-corrected chi connectivity index (χ0v) is 16.7. The van der Waals surface area contributed by atoms with E-state index in [2.05, 4.69) is 35.7 Å². The maximum absolute atomic E-state index is 13.2. The lowest BCUT2D eigenvalue weighted by Gasteiger charge is -2.16. The molecule has 4 aromatic rings. The molecule has 0 bridgehead atoms. The fraction of sp³-hybridized carbons (Fsp3) is 0.333. The van der Waals surface area contributed by atoms with Crippen LogP contribution in [-0.2, 0) is 11.3 Å². The van der Waals surface area contributed by atoms with E-state index in [1.165, 1.54) is 40.0 Å². The number of aryl methyl sites for hydroxylation is 1. The number of imidazole rings is 1. The van der Waals surface area contributed by atoms with Crippen molar-refractivity contribution in [1.29, 1.82) is 0 Å². The molecule has 1 fully saturated rings. The summed E-state index contributed by atoms with van der Waals surface area (Å²) in [6, 6.07) is 5.64. The lowest BCUT2D eigenvalue weighted by atomic mass is 10.1. The van der Waals surface area contributed by atoms with Gasteiger partial charge in [0.25, 0.3) is 0 Å². The number of benzene rings is 1. The Morgan fingerprint density at radius 3 is 2.69 bits per heavy atom. The molecule has 166 valence electrons. The second-order valence-electron chi connectivity index (χ2n) is 7.15. The van der Waals surface area contributed by atoms with Crippen LogP contribution in [0.4, 0.5) is 21.8 Å². The Morgan fingerprint density at radius 1 is 1.19 bits per heavy atom. The fourth-order valence-electron chi connectivity index (χ4n) is 3.45. The highest BCUT2D eigenvalue weighted by atomic mass is 19.1. The summed E-state index contributed by atoms with van der Waals surface area (Å²) in [4.78, 5) is 14.1. The molecular weight excluding hydrogens is 423 g/mol. The normalized spacial score (nSPS) is 23.1. The summed E-state index contributed by atoms with van der Waals surface area (Å²) < 4.78 is 20.5. The van der Waals surface area contributed by atoms with Gasteiger partial charge in [-0.05, 0) is 36.4 Å². The summed E-state index contributed by atoms with van der Waals surface area (Å²) in [6.07, 6.45) is -3.28. The standard InChI is InChI=1S/C18H19FN10O3/c1-2-29-26-15(25-27-29)13-11(30)12(31)17(32-13)28-7-21-10-14(20)23-18(24-16(10)28)22-9-5-3-8(19)4-6-9/h3-7,11-13,17,30-31H,2H2,1H3,(H3,20,22,23,24)/t11-,12+,13-,17+/m0/s1. The predicted molar refractivity (Wildman–Crippen MR) is 108 cm³/mol. The molecule has 0 spiro atoms. The van der Waals surface area contributed by atoms with Crippen molar-refractivity contribution in [3.05, 3.63) is 42.2 Å². The molecule has 0 radical (unpaired) electrons. The first-order valence-electron chi connectivity index (χ1n) is 9.76. The molecule has 1 aromatic carbocycles. The second kappa shape index (κ2) is 7.74. The molecule has 1 aliphatic heterocycles. The Balaban J connectivity index is 1.48. The molecule has 0 unspecified atom stereocenters. The maximum atomic E-state index is 13.2. The Morgan fingerprint density at radius 2 is 1.97 bits per heavy atom. The number of nitrogens with zero attached hydrogens (tertiary/aromatic N) is 8. The number of aliphatic hydroxyl groups excluding tert-OH is 2. The third-order valence-corrected chi connectivity index (χ3v) is 5.07. The minimum absolute atomic E-state index is 0.0931. The van der Waals surface area contributed by atoms with E-state index in [4.69, 9.17) is 10.5 Å². The molecular formula is C18H19FN10O3. The zero-order valence-electron chi connectivity index (χ0n) is 16.7. The number of hydrogen-bond donors (Lipinski definition) is 4.